The van der Waals surface area contributed by atoms with Crippen molar-refractivity contribution in [2.45, 2.75) is 18.9 Å². The van der Waals surface area contributed by atoms with Crippen molar-refractivity contribution in [3.05, 3.63) is 0 Å². The molecule has 1 aliphatic rings. The highest BCUT2D eigenvalue weighted by Gasteiger charge is 2.23. The predicted octanol–water partition coefficient (Wildman–Crippen LogP) is -0.674. The topological polar surface area (TPSA) is 72.5 Å². The van der Waals surface area contributed by atoms with E-state index in [0.29, 0.717) is 6.61 Å². The SMILES string of the molecule is CS(=O)(=O)CCNC(=O)C1CCCO1. The van der Waals surface area contributed by atoms with Gasteiger partial charge in [0.05, 0.1) is 5.75 Å². The predicted molar refractivity (Wildman–Crippen MR) is 51.7 cm³/mol. The molecule has 0 saturated carbocycles. The molecule has 6 heteroatoms. The van der Waals surface area contributed by atoms with E-state index in [1.54, 1.807) is 0 Å². The van der Waals surface area contributed by atoms with Gasteiger partial charge in [0.25, 0.3) is 0 Å². The van der Waals surface area contributed by atoms with Crippen molar-refractivity contribution in [3.8, 4) is 0 Å². The zero-order chi connectivity index (χ0) is 10.6. The maximum Gasteiger partial charge on any atom is 0.249 e. The van der Waals surface area contributed by atoms with E-state index in [9.17, 15) is 13.2 Å². The molecular weight excluding hydrogens is 206 g/mol. The Morgan fingerprint density at radius 2 is 2.29 bits per heavy atom. The molecule has 1 unspecified atom stereocenters. The molecule has 1 amide bonds. The van der Waals surface area contributed by atoms with Crippen LogP contribution in [0.1, 0.15) is 12.8 Å². The molecule has 1 fully saturated rings. The fourth-order valence-electron chi connectivity index (χ4n) is 1.26. The number of hydrogen-bond acceptors (Lipinski definition) is 4. The van der Waals surface area contributed by atoms with Crippen molar-refractivity contribution in [2.24, 2.45) is 0 Å². The van der Waals surface area contributed by atoms with Crippen LogP contribution in [0.4, 0.5) is 0 Å². The molecule has 0 bridgehead atoms. The first kappa shape index (κ1) is 11.5. The average molecular weight is 221 g/mol. The zero-order valence-electron chi connectivity index (χ0n) is 8.15. The van der Waals surface area contributed by atoms with E-state index < -0.39 is 9.84 Å². The van der Waals surface area contributed by atoms with Crippen molar-refractivity contribution in [1.29, 1.82) is 0 Å². The minimum Gasteiger partial charge on any atom is -0.368 e. The lowest BCUT2D eigenvalue weighted by molar-refractivity contribution is -0.129. The summed E-state index contributed by atoms with van der Waals surface area (Å²) in [6.07, 6.45) is 2.38. The van der Waals surface area contributed by atoms with Crippen molar-refractivity contribution < 1.29 is 17.9 Å². The van der Waals surface area contributed by atoms with E-state index in [2.05, 4.69) is 5.32 Å². The molecule has 14 heavy (non-hydrogen) atoms. The van der Waals surface area contributed by atoms with Gasteiger partial charge in [-0.1, -0.05) is 0 Å². The summed E-state index contributed by atoms with van der Waals surface area (Å²) in [4.78, 5) is 11.3. The van der Waals surface area contributed by atoms with Crippen molar-refractivity contribution in [3.63, 3.8) is 0 Å². The van der Waals surface area contributed by atoms with Crippen molar-refractivity contribution in [1.82, 2.24) is 5.32 Å². The Morgan fingerprint density at radius 1 is 1.57 bits per heavy atom. The van der Waals surface area contributed by atoms with E-state index >= 15 is 0 Å². The van der Waals surface area contributed by atoms with Crippen LogP contribution in [-0.4, -0.2) is 45.6 Å². The molecule has 0 aromatic rings. The summed E-state index contributed by atoms with van der Waals surface area (Å²) in [5.74, 6) is -0.225. The van der Waals surface area contributed by atoms with Gasteiger partial charge in [-0.25, -0.2) is 8.42 Å². The largest absolute Gasteiger partial charge is 0.368 e. The van der Waals surface area contributed by atoms with E-state index in [-0.39, 0.29) is 24.3 Å². The fraction of sp³-hybridized carbons (Fsp3) is 0.875. The summed E-state index contributed by atoms with van der Waals surface area (Å²) < 4.78 is 26.6. The summed E-state index contributed by atoms with van der Waals surface area (Å²) in [6.45, 7) is 0.779. The zero-order valence-corrected chi connectivity index (χ0v) is 8.97. The third-order valence-electron chi connectivity index (χ3n) is 1.99. The van der Waals surface area contributed by atoms with Gasteiger partial charge in [-0.15, -0.1) is 0 Å². The van der Waals surface area contributed by atoms with Gasteiger partial charge in [0.15, 0.2) is 0 Å². The first-order chi connectivity index (χ1) is 6.49. The second-order valence-electron chi connectivity index (χ2n) is 3.42. The molecule has 1 heterocycles. The van der Waals surface area contributed by atoms with Crippen LogP contribution in [0.15, 0.2) is 0 Å². The van der Waals surface area contributed by atoms with Crippen LogP contribution in [0.5, 0.6) is 0 Å². The Balaban J connectivity index is 2.21. The van der Waals surface area contributed by atoms with Crippen LogP contribution < -0.4 is 5.32 Å². The van der Waals surface area contributed by atoms with Crippen molar-refractivity contribution >= 4 is 15.7 Å². The summed E-state index contributed by atoms with van der Waals surface area (Å²) in [6, 6.07) is 0. The molecule has 82 valence electrons. The molecule has 1 atom stereocenters. The monoisotopic (exact) mass is 221 g/mol. The highest BCUT2D eigenvalue weighted by molar-refractivity contribution is 7.90. The van der Waals surface area contributed by atoms with Gasteiger partial charge in [-0.3, -0.25) is 4.79 Å². The molecule has 1 aliphatic heterocycles. The molecule has 0 aliphatic carbocycles. The van der Waals surface area contributed by atoms with E-state index in [0.717, 1.165) is 19.1 Å². The summed E-state index contributed by atoms with van der Waals surface area (Å²) in [7, 11) is -3.00. The summed E-state index contributed by atoms with van der Waals surface area (Å²) >= 11 is 0. The number of rotatable bonds is 4. The number of carbonyl (C=O) groups is 1. The Labute approximate surface area is 83.7 Å². The number of nitrogens with one attached hydrogen (secondary N) is 1. The molecule has 0 spiro atoms. The number of amides is 1. The van der Waals surface area contributed by atoms with Gasteiger partial charge in [-0.05, 0) is 12.8 Å². The lowest BCUT2D eigenvalue weighted by Crippen LogP contribution is -2.36. The standard InChI is InChI=1S/C8H15NO4S/c1-14(11,12)6-4-9-8(10)7-3-2-5-13-7/h7H,2-6H2,1H3,(H,9,10). The minimum absolute atomic E-state index is 0.0224. The highest BCUT2D eigenvalue weighted by atomic mass is 32.2. The van der Waals surface area contributed by atoms with Crippen LogP contribution >= 0.6 is 0 Å². The molecular formula is C8H15NO4S. The molecule has 1 saturated heterocycles. The fourth-order valence-corrected chi connectivity index (χ4v) is 1.73. The van der Waals surface area contributed by atoms with E-state index in [1.807, 2.05) is 0 Å². The maximum absolute atomic E-state index is 11.3. The second-order valence-corrected chi connectivity index (χ2v) is 5.68. The van der Waals surface area contributed by atoms with E-state index in [4.69, 9.17) is 4.74 Å². The quantitative estimate of drug-likeness (QED) is 0.683. The Bertz CT molecular complexity index is 292. The Kier molecular flexibility index (Phi) is 3.88. The number of hydrogen-bond donors (Lipinski definition) is 1. The molecule has 0 aromatic carbocycles. The Hall–Kier alpha value is -0.620. The van der Waals surface area contributed by atoms with Gasteiger partial charge in [-0.2, -0.15) is 0 Å². The molecule has 1 N–H and O–H groups in total. The number of sulfone groups is 1. The van der Waals surface area contributed by atoms with Gasteiger partial charge >= 0.3 is 0 Å². The van der Waals surface area contributed by atoms with Gasteiger partial charge < -0.3 is 10.1 Å². The highest BCUT2D eigenvalue weighted by Crippen LogP contribution is 2.11. The third kappa shape index (κ3) is 4.06. The lowest BCUT2D eigenvalue weighted by atomic mass is 10.2. The summed E-state index contributed by atoms with van der Waals surface area (Å²) in [5.41, 5.74) is 0. The normalized spacial score (nSPS) is 22.2. The molecule has 0 aromatic heterocycles. The Morgan fingerprint density at radius 3 is 2.79 bits per heavy atom. The maximum atomic E-state index is 11.3. The van der Waals surface area contributed by atoms with Crippen LogP contribution in [0.3, 0.4) is 0 Å². The molecule has 1 rings (SSSR count). The van der Waals surface area contributed by atoms with Gasteiger partial charge in [0.2, 0.25) is 5.91 Å². The van der Waals surface area contributed by atoms with Crippen LogP contribution in [-0.2, 0) is 19.4 Å². The van der Waals surface area contributed by atoms with E-state index in [1.165, 1.54) is 0 Å². The first-order valence-corrected chi connectivity index (χ1v) is 6.62. The summed E-state index contributed by atoms with van der Waals surface area (Å²) in [5, 5.41) is 2.54. The minimum atomic E-state index is -3.00. The van der Waals surface area contributed by atoms with Gasteiger partial charge in [0.1, 0.15) is 15.9 Å². The molecule has 5 nitrogen and oxygen atoms in total. The van der Waals surface area contributed by atoms with Crippen LogP contribution in [0, 0.1) is 0 Å². The van der Waals surface area contributed by atoms with Crippen molar-refractivity contribution in [2.75, 3.05) is 25.2 Å². The smallest absolute Gasteiger partial charge is 0.249 e. The van der Waals surface area contributed by atoms with Gasteiger partial charge in [0, 0.05) is 19.4 Å². The third-order valence-corrected chi connectivity index (χ3v) is 2.94. The van der Waals surface area contributed by atoms with Crippen LogP contribution in [0.2, 0.25) is 0 Å². The average Bonchev–Trinajstić information content (AvgIpc) is 2.53. The second kappa shape index (κ2) is 4.75. The number of carbonyl (C=O) groups excluding carboxylic acids is 1. The number of ether oxygens (including phenoxy) is 1. The molecule has 0 radical (unpaired) electrons. The van der Waals surface area contributed by atoms with Crippen LogP contribution in [0.25, 0.3) is 0 Å². The first-order valence-electron chi connectivity index (χ1n) is 4.56. The lowest BCUT2D eigenvalue weighted by Gasteiger charge is -2.09.